The maximum Gasteiger partial charge on any atom is -0.00426 e. The van der Waals surface area contributed by atoms with Crippen LogP contribution in [0.3, 0.4) is 0 Å². The molecule has 0 aliphatic rings. The first kappa shape index (κ1) is 10.0. The van der Waals surface area contributed by atoms with Gasteiger partial charge in [0, 0.05) is 0 Å². The summed E-state index contributed by atoms with van der Waals surface area (Å²) < 4.78 is 0. The van der Waals surface area contributed by atoms with Crippen LogP contribution < -0.4 is 5.73 Å². The molecule has 1 aromatic rings. The lowest BCUT2D eigenvalue weighted by molar-refractivity contribution is 0.965. The van der Waals surface area contributed by atoms with E-state index in [1.165, 1.54) is 5.56 Å². The largest absolute Gasteiger partial charge is 0.330 e. The van der Waals surface area contributed by atoms with Gasteiger partial charge in [-0.25, -0.2) is 0 Å². The number of rotatable bonds is 5. The van der Waals surface area contributed by atoms with Crippen molar-refractivity contribution in [3.63, 3.8) is 0 Å². The summed E-state index contributed by atoms with van der Waals surface area (Å²) in [5, 5.41) is 0. The Balaban J connectivity index is 2.20. The van der Waals surface area contributed by atoms with Crippen LogP contribution in [0.25, 0.3) is 0 Å². The van der Waals surface area contributed by atoms with Crippen LogP contribution in [-0.2, 0) is 6.42 Å². The third-order valence-corrected chi connectivity index (χ3v) is 1.94. The van der Waals surface area contributed by atoms with Crippen molar-refractivity contribution in [2.45, 2.75) is 19.3 Å². The van der Waals surface area contributed by atoms with Gasteiger partial charge in [0.2, 0.25) is 0 Å². The maximum absolute atomic E-state index is 5.37. The summed E-state index contributed by atoms with van der Waals surface area (Å²) in [4.78, 5) is 0. The number of aryl methyl sites for hydroxylation is 1. The van der Waals surface area contributed by atoms with Gasteiger partial charge in [-0.05, 0) is 31.4 Å². The van der Waals surface area contributed by atoms with E-state index in [0.29, 0.717) is 0 Å². The van der Waals surface area contributed by atoms with Gasteiger partial charge >= 0.3 is 0 Å². The van der Waals surface area contributed by atoms with E-state index < -0.39 is 0 Å². The van der Waals surface area contributed by atoms with Crippen molar-refractivity contribution in [3.8, 4) is 0 Å². The first-order chi connectivity index (χ1) is 6.43. The van der Waals surface area contributed by atoms with Gasteiger partial charge in [-0.1, -0.05) is 42.5 Å². The molecule has 70 valence electrons. The lowest BCUT2D eigenvalue weighted by Gasteiger charge is -1.95. The zero-order chi connectivity index (χ0) is 9.36. The van der Waals surface area contributed by atoms with E-state index in [0.717, 1.165) is 25.8 Å². The molecule has 0 saturated heterocycles. The lowest BCUT2D eigenvalue weighted by atomic mass is 10.1. The highest BCUT2D eigenvalue weighted by atomic mass is 14.5. The number of nitrogens with two attached hydrogens (primary N) is 1. The Morgan fingerprint density at radius 2 is 1.69 bits per heavy atom. The van der Waals surface area contributed by atoms with Gasteiger partial charge in [-0.3, -0.25) is 0 Å². The standard InChI is InChI=1S/C12H17N/c13-11-7-2-1-4-8-12-9-5-3-6-10-12/h1-3,5-6,9-10H,4,7-8,11,13H2/b2-1-. The Hall–Kier alpha value is -1.08. The number of allylic oxidation sites excluding steroid dienone is 1. The molecule has 2 N–H and O–H groups in total. The van der Waals surface area contributed by atoms with E-state index >= 15 is 0 Å². The smallest absolute Gasteiger partial charge is 0.00426 e. The second-order valence-electron chi connectivity index (χ2n) is 3.07. The predicted octanol–water partition coefficient (Wildman–Crippen LogP) is 2.52. The first-order valence-corrected chi connectivity index (χ1v) is 4.82. The summed E-state index contributed by atoms with van der Waals surface area (Å²) in [6, 6.07) is 10.5. The van der Waals surface area contributed by atoms with Crippen LogP contribution in [0, 0.1) is 0 Å². The maximum atomic E-state index is 5.37. The van der Waals surface area contributed by atoms with Gasteiger partial charge < -0.3 is 5.73 Å². The molecule has 0 aromatic heterocycles. The molecule has 1 nitrogen and oxygen atoms in total. The average Bonchev–Trinajstić information content (AvgIpc) is 2.19. The van der Waals surface area contributed by atoms with Gasteiger partial charge in [0.1, 0.15) is 0 Å². The molecule has 0 amide bonds. The van der Waals surface area contributed by atoms with Gasteiger partial charge in [0.05, 0.1) is 0 Å². The van der Waals surface area contributed by atoms with Gasteiger partial charge in [-0.2, -0.15) is 0 Å². The molecule has 0 heterocycles. The van der Waals surface area contributed by atoms with Gasteiger partial charge in [-0.15, -0.1) is 0 Å². The summed E-state index contributed by atoms with van der Waals surface area (Å²) in [6.07, 6.45) is 7.60. The fourth-order valence-electron chi connectivity index (χ4n) is 1.23. The molecule has 1 heteroatoms. The topological polar surface area (TPSA) is 26.0 Å². The fourth-order valence-corrected chi connectivity index (χ4v) is 1.23. The fraction of sp³-hybridized carbons (Fsp3) is 0.333. The van der Waals surface area contributed by atoms with Crippen molar-refractivity contribution in [2.24, 2.45) is 5.73 Å². The molecule has 0 atom stereocenters. The van der Waals surface area contributed by atoms with Crippen LogP contribution in [0.1, 0.15) is 18.4 Å². The van der Waals surface area contributed by atoms with Crippen LogP contribution in [0.4, 0.5) is 0 Å². The van der Waals surface area contributed by atoms with Crippen molar-refractivity contribution in [3.05, 3.63) is 48.0 Å². The molecule has 0 aliphatic carbocycles. The molecule has 0 aliphatic heterocycles. The van der Waals surface area contributed by atoms with Crippen LogP contribution in [-0.4, -0.2) is 6.54 Å². The van der Waals surface area contributed by atoms with E-state index in [9.17, 15) is 0 Å². The monoisotopic (exact) mass is 175 g/mol. The summed E-state index contributed by atoms with van der Waals surface area (Å²) in [6.45, 7) is 0.752. The Morgan fingerprint density at radius 3 is 2.38 bits per heavy atom. The number of hydrogen-bond acceptors (Lipinski definition) is 1. The molecule has 1 rings (SSSR count). The summed E-state index contributed by atoms with van der Waals surface area (Å²) in [5.41, 5.74) is 6.77. The third kappa shape index (κ3) is 4.48. The quantitative estimate of drug-likeness (QED) is 0.684. The van der Waals surface area contributed by atoms with Crippen LogP contribution in [0.5, 0.6) is 0 Å². The van der Waals surface area contributed by atoms with Crippen molar-refractivity contribution in [2.75, 3.05) is 6.54 Å². The Morgan fingerprint density at radius 1 is 1.00 bits per heavy atom. The zero-order valence-electron chi connectivity index (χ0n) is 7.95. The Bertz CT molecular complexity index is 239. The first-order valence-electron chi connectivity index (χ1n) is 4.82. The summed E-state index contributed by atoms with van der Waals surface area (Å²) in [7, 11) is 0. The minimum atomic E-state index is 0.752. The van der Waals surface area contributed by atoms with Crippen molar-refractivity contribution in [1.82, 2.24) is 0 Å². The molecular weight excluding hydrogens is 158 g/mol. The van der Waals surface area contributed by atoms with Gasteiger partial charge in [0.15, 0.2) is 0 Å². The minimum Gasteiger partial charge on any atom is -0.330 e. The van der Waals surface area contributed by atoms with Crippen molar-refractivity contribution < 1.29 is 0 Å². The molecule has 0 unspecified atom stereocenters. The van der Waals surface area contributed by atoms with E-state index in [4.69, 9.17) is 5.73 Å². The van der Waals surface area contributed by atoms with Crippen LogP contribution in [0.15, 0.2) is 42.5 Å². The molecule has 0 fully saturated rings. The van der Waals surface area contributed by atoms with E-state index in [1.807, 2.05) is 6.07 Å². The summed E-state index contributed by atoms with van der Waals surface area (Å²) >= 11 is 0. The molecular formula is C12H17N. The molecule has 0 bridgehead atoms. The normalized spacial score (nSPS) is 10.8. The van der Waals surface area contributed by atoms with Crippen LogP contribution >= 0.6 is 0 Å². The zero-order valence-corrected chi connectivity index (χ0v) is 7.95. The SMILES string of the molecule is NCC/C=C\CCc1ccccc1. The third-order valence-electron chi connectivity index (χ3n) is 1.94. The highest BCUT2D eigenvalue weighted by Gasteiger charge is 1.87. The lowest BCUT2D eigenvalue weighted by Crippen LogP contribution is -1.95. The van der Waals surface area contributed by atoms with Gasteiger partial charge in [0.25, 0.3) is 0 Å². The summed E-state index contributed by atoms with van der Waals surface area (Å²) in [5.74, 6) is 0. The van der Waals surface area contributed by atoms with E-state index in [2.05, 4.69) is 36.4 Å². The Kier molecular flexibility index (Phi) is 4.95. The van der Waals surface area contributed by atoms with E-state index in [1.54, 1.807) is 0 Å². The molecule has 0 radical (unpaired) electrons. The molecule has 13 heavy (non-hydrogen) atoms. The van der Waals surface area contributed by atoms with E-state index in [-0.39, 0.29) is 0 Å². The predicted molar refractivity (Wildman–Crippen MR) is 57.6 cm³/mol. The second kappa shape index (κ2) is 6.44. The number of hydrogen-bond donors (Lipinski definition) is 1. The minimum absolute atomic E-state index is 0.752. The second-order valence-corrected chi connectivity index (χ2v) is 3.07. The number of benzene rings is 1. The van der Waals surface area contributed by atoms with Crippen molar-refractivity contribution >= 4 is 0 Å². The highest BCUT2D eigenvalue weighted by Crippen LogP contribution is 2.02. The molecule has 1 aromatic carbocycles. The average molecular weight is 175 g/mol. The van der Waals surface area contributed by atoms with Crippen LogP contribution in [0.2, 0.25) is 0 Å². The molecule has 0 saturated carbocycles. The molecule has 0 spiro atoms. The Labute approximate surface area is 80.3 Å². The highest BCUT2D eigenvalue weighted by molar-refractivity contribution is 5.15. The van der Waals surface area contributed by atoms with Crippen molar-refractivity contribution in [1.29, 1.82) is 0 Å².